The van der Waals surface area contributed by atoms with Crippen LogP contribution in [0.2, 0.25) is 0 Å². The number of carbonyl (C=O) groups is 1. The van der Waals surface area contributed by atoms with E-state index in [4.69, 9.17) is 4.74 Å². The molecule has 0 bridgehead atoms. The molecule has 2 atom stereocenters. The SMILES string of the molecule is CC(C)[C@@H]([C@@H](O)CC(=O)OC(C)(C)C)N(Cc1ccccc1)Cc1ccccc1. The molecule has 0 aliphatic heterocycles. The van der Waals surface area contributed by atoms with Gasteiger partial charge < -0.3 is 9.84 Å². The Balaban J connectivity index is 2.23. The fraction of sp³-hybridized carbons (Fsp3) is 0.480. The van der Waals surface area contributed by atoms with Crippen LogP contribution in [0.5, 0.6) is 0 Å². The van der Waals surface area contributed by atoms with Crippen LogP contribution < -0.4 is 0 Å². The first-order valence-electron chi connectivity index (χ1n) is 10.4. The first-order chi connectivity index (χ1) is 13.7. The predicted molar refractivity (Wildman–Crippen MR) is 117 cm³/mol. The molecule has 0 aliphatic rings. The van der Waals surface area contributed by atoms with Gasteiger partial charge in [-0.15, -0.1) is 0 Å². The van der Waals surface area contributed by atoms with Gasteiger partial charge in [-0.2, -0.15) is 0 Å². The second-order valence-corrected chi connectivity index (χ2v) is 8.97. The van der Waals surface area contributed by atoms with Crippen molar-refractivity contribution in [2.24, 2.45) is 5.92 Å². The van der Waals surface area contributed by atoms with Crippen molar-refractivity contribution in [1.82, 2.24) is 4.90 Å². The molecular formula is C25H35NO3. The lowest BCUT2D eigenvalue weighted by molar-refractivity contribution is -0.158. The summed E-state index contributed by atoms with van der Waals surface area (Å²) in [4.78, 5) is 14.6. The summed E-state index contributed by atoms with van der Waals surface area (Å²) >= 11 is 0. The molecule has 0 aliphatic carbocycles. The number of carbonyl (C=O) groups excluding carboxylic acids is 1. The monoisotopic (exact) mass is 397 g/mol. The molecule has 0 unspecified atom stereocenters. The summed E-state index contributed by atoms with van der Waals surface area (Å²) in [5.41, 5.74) is 1.80. The maximum Gasteiger partial charge on any atom is 0.308 e. The Morgan fingerprint density at radius 1 is 0.931 bits per heavy atom. The maximum absolute atomic E-state index is 12.3. The molecule has 0 radical (unpaired) electrons. The molecule has 0 heterocycles. The van der Waals surface area contributed by atoms with Gasteiger partial charge in [-0.05, 0) is 37.8 Å². The van der Waals surface area contributed by atoms with E-state index in [1.54, 1.807) is 0 Å². The van der Waals surface area contributed by atoms with Gasteiger partial charge in [0, 0.05) is 19.1 Å². The molecule has 0 saturated heterocycles. The summed E-state index contributed by atoms with van der Waals surface area (Å²) in [6, 6.07) is 20.3. The minimum atomic E-state index is -0.808. The zero-order valence-electron chi connectivity index (χ0n) is 18.3. The molecule has 29 heavy (non-hydrogen) atoms. The minimum Gasteiger partial charge on any atom is -0.460 e. The lowest BCUT2D eigenvalue weighted by Gasteiger charge is -2.38. The van der Waals surface area contributed by atoms with Gasteiger partial charge in [0.1, 0.15) is 5.60 Å². The van der Waals surface area contributed by atoms with Crippen LogP contribution in [0, 0.1) is 5.92 Å². The molecule has 1 N–H and O–H groups in total. The number of hydrogen-bond acceptors (Lipinski definition) is 4. The number of benzene rings is 2. The zero-order valence-corrected chi connectivity index (χ0v) is 18.3. The van der Waals surface area contributed by atoms with E-state index in [1.807, 2.05) is 57.2 Å². The quantitative estimate of drug-likeness (QED) is 0.617. The van der Waals surface area contributed by atoms with E-state index in [1.165, 1.54) is 11.1 Å². The molecule has 0 fully saturated rings. The Hall–Kier alpha value is -2.17. The van der Waals surface area contributed by atoms with E-state index in [-0.39, 0.29) is 24.3 Å². The summed E-state index contributed by atoms with van der Waals surface area (Å²) in [7, 11) is 0. The van der Waals surface area contributed by atoms with Crippen molar-refractivity contribution < 1.29 is 14.6 Å². The third kappa shape index (κ3) is 8.00. The standard InChI is InChI=1S/C25H35NO3/c1-19(2)24(22(27)16-23(28)29-25(3,4)5)26(17-20-12-8-6-9-13-20)18-21-14-10-7-11-15-21/h6-15,19,22,24,27H,16-18H2,1-5H3/t22-,24-/m0/s1. The van der Waals surface area contributed by atoms with Gasteiger partial charge in [0.25, 0.3) is 0 Å². The van der Waals surface area contributed by atoms with E-state index < -0.39 is 11.7 Å². The second kappa shape index (κ2) is 10.6. The highest BCUT2D eigenvalue weighted by molar-refractivity contribution is 5.70. The molecule has 2 aromatic rings. The van der Waals surface area contributed by atoms with Crippen molar-refractivity contribution in [2.75, 3.05) is 0 Å². The number of rotatable bonds is 9. The van der Waals surface area contributed by atoms with Crippen molar-refractivity contribution in [1.29, 1.82) is 0 Å². The molecule has 0 aromatic heterocycles. The molecule has 4 nitrogen and oxygen atoms in total. The van der Waals surface area contributed by atoms with Crippen molar-refractivity contribution in [3.8, 4) is 0 Å². The molecule has 4 heteroatoms. The normalized spacial score (nSPS) is 14.1. The summed E-state index contributed by atoms with van der Waals surface area (Å²) in [5.74, 6) is -0.199. The number of nitrogens with zero attached hydrogens (tertiary/aromatic N) is 1. The van der Waals surface area contributed by atoms with Crippen LogP contribution in [0.4, 0.5) is 0 Å². The number of hydrogen-bond donors (Lipinski definition) is 1. The van der Waals surface area contributed by atoms with Crippen LogP contribution in [-0.2, 0) is 22.6 Å². The van der Waals surface area contributed by atoms with Gasteiger partial charge in [-0.25, -0.2) is 0 Å². The maximum atomic E-state index is 12.3. The molecule has 158 valence electrons. The number of ether oxygens (including phenoxy) is 1. The number of esters is 1. The number of aliphatic hydroxyl groups is 1. The zero-order chi connectivity index (χ0) is 21.4. The van der Waals surface area contributed by atoms with Crippen LogP contribution in [-0.4, -0.2) is 33.7 Å². The largest absolute Gasteiger partial charge is 0.460 e. The second-order valence-electron chi connectivity index (χ2n) is 8.97. The Labute approximate surface area is 175 Å². The highest BCUT2D eigenvalue weighted by Gasteiger charge is 2.32. The van der Waals surface area contributed by atoms with Crippen molar-refractivity contribution in [2.45, 2.75) is 71.9 Å². The van der Waals surface area contributed by atoms with E-state index >= 15 is 0 Å². The first-order valence-corrected chi connectivity index (χ1v) is 10.4. The average Bonchev–Trinajstić information content (AvgIpc) is 2.61. The summed E-state index contributed by atoms with van der Waals surface area (Å²) < 4.78 is 5.44. The van der Waals surface area contributed by atoms with Crippen LogP contribution in [0.1, 0.15) is 52.2 Å². The highest BCUT2D eigenvalue weighted by atomic mass is 16.6. The molecule has 2 rings (SSSR count). The lowest BCUT2D eigenvalue weighted by atomic mass is 9.93. The summed E-state index contributed by atoms with van der Waals surface area (Å²) in [6.45, 7) is 11.1. The van der Waals surface area contributed by atoms with Crippen molar-refractivity contribution >= 4 is 5.97 Å². The molecule has 0 saturated carbocycles. The number of aliphatic hydroxyl groups excluding tert-OH is 1. The van der Waals surface area contributed by atoms with Crippen LogP contribution in [0.15, 0.2) is 60.7 Å². The van der Waals surface area contributed by atoms with Gasteiger partial charge in [0.2, 0.25) is 0 Å². The fourth-order valence-electron chi connectivity index (χ4n) is 3.69. The van der Waals surface area contributed by atoms with Gasteiger partial charge in [0.05, 0.1) is 12.5 Å². The van der Waals surface area contributed by atoms with E-state index in [0.717, 1.165) is 0 Å². The molecule has 0 amide bonds. The van der Waals surface area contributed by atoms with E-state index in [9.17, 15) is 9.90 Å². The Morgan fingerprint density at radius 3 is 1.76 bits per heavy atom. The van der Waals surface area contributed by atoms with Crippen molar-refractivity contribution in [3.63, 3.8) is 0 Å². The Morgan fingerprint density at radius 2 is 1.38 bits per heavy atom. The topological polar surface area (TPSA) is 49.8 Å². The third-order valence-electron chi connectivity index (χ3n) is 4.75. The Kier molecular flexibility index (Phi) is 8.42. The lowest BCUT2D eigenvalue weighted by Crippen LogP contribution is -2.47. The highest BCUT2D eigenvalue weighted by Crippen LogP contribution is 2.23. The Bertz CT molecular complexity index is 696. The van der Waals surface area contributed by atoms with Crippen LogP contribution >= 0.6 is 0 Å². The smallest absolute Gasteiger partial charge is 0.308 e. The average molecular weight is 398 g/mol. The summed E-state index contributed by atoms with van der Waals surface area (Å²) in [6.07, 6.45) is -0.822. The molecular weight excluding hydrogens is 362 g/mol. The van der Waals surface area contributed by atoms with Crippen LogP contribution in [0.3, 0.4) is 0 Å². The third-order valence-corrected chi connectivity index (χ3v) is 4.75. The van der Waals surface area contributed by atoms with Gasteiger partial charge in [-0.3, -0.25) is 9.69 Å². The van der Waals surface area contributed by atoms with E-state index in [0.29, 0.717) is 13.1 Å². The fourth-order valence-corrected chi connectivity index (χ4v) is 3.69. The van der Waals surface area contributed by atoms with Gasteiger partial charge in [-0.1, -0.05) is 74.5 Å². The predicted octanol–water partition coefficient (Wildman–Crippen LogP) is 4.81. The molecule has 0 spiro atoms. The van der Waals surface area contributed by atoms with Crippen LogP contribution in [0.25, 0.3) is 0 Å². The van der Waals surface area contributed by atoms with E-state index in [2.05, 4.69) is 43.0 Å². The minimum absolute atomic E-state index is 0.0137. The van der Waals surface area contributed by atoms with Gasteiger partial charge >= 0.3 is 5.97 Å². The molecule has 2 aromatic carbocycles. The summed E-state index contributed by atoms with van der Waals surface area (Å²) in [5, 5.41) is 11.0. The van der Waals surface area contributed by atoms with Gasteiger partial charge in [0.15, 0.2) is 0 Å². The van der Waals surface area contributed by atoms with Crippen molar-refractivity contribution in [3.05, 3.63) is 71.8 Å². The first kappa shape index (κ1) is 23.1.